The number of fused-ring (bicyclic) bond motifs is 1. The maximum atomic E-state index is 6.37. The van der Waals surface area contributed by atoms with Crippen molar-refractivity contribution in [2.75, 3.05) is 6.61 Å². The minimum atomic E-state index is -0.294. The van der Waals surface area contributed by atoms with Crippen LogP contribution < -0.4 is 0 Å². The van der Waals surface area contributed by atoms with E-state index in [4.69, 9.17) is 4.74 Å². The van der Waals surface area contributed by atoms with E-state index in [2.05, 4.69) is 111 Å². The molecule has 1 aliphatic carbocycles. The predicted molar refractivity (Wildman–Crippen MR) is 116 cm³/mol. The highest BCUT2D eigenvalue weighted by Gasteiger charge is 2.53. The molecule has 1 heteroatoms. The summed E-state index contributed by atoms with van der Waals surface area (Å²) in [6, 6.07) is 30.4. The molecule has 0 heterocycles. The molecular weight excluding hydrogens is 340 g/mol. The van der Waals surface area contributed by atoms with Crippen LogP contribution >= 0.6 is 0 Å². The van der Waals surface area contributed by atoms with Gasteiger partial charge in [0.25, 0.3) is 0 Å². The van der Waals surface area contributed by atoms with Crippen LogP contribution in [0.5, 0.6) is 0 Å². The maximum Gasteiger partial charge on any atom is 0.0909 e. The number of benzene rings is 3. The third kappa shape index (κ3) is 2.83. The summed E-state index contributed by atoms with van der Waals surface area (Å²) in [5.74, 6) is 0.152. The van der Waals surface area contributed by atoms with Crippen LogP contribution in [0.3, 0.4) is 0 Å². The number of allylic oxidation sites excluding steroid dienone is 1. The molecule has 0 N–H and O–H groups in total. The predicted octanol–water partition coefficient (Wildman–Crippen LogP) is 6.47. The first-order chi connectivity index (χ1) is 13.8. The first-order valence-electron chi connectivity index (χ1n) is 9.89. The van der Waals surface area contributed by atoms with Crippen molar-refractivity contribution in [1.29, 1.82) is 0 Å². The second-order valence-corrected chi connectivity index (χ2v) is 7.22. The van der Waals surface area contributed by atoms with E-state index < -0.39 is 0 Å². The summed E-state index contributed by atoms with van der Waals surface area (Å²) >= 11 is 0. The third-order valence-electron chi connectivity index (χ3n) is 5.77. The van der Waals surface area contributed by atoms with Gasteiger partial charge in [-0.15, -0.1) is 6.58 Å². The molecule has 28 heavy (non-hydrogen) atoms. The molecule has 0 bridgehead atoms. The first kappa shape index (κ1) is 18.5. The van der Waals surface area contributed by atoms with Gasteiger partial charge < -0.3 is 4.74 Å². The molecule has 0 spiro atoms. The molecule has 3 aromatic carbocycles. The Balaban J connectivity index is 2.06. The number of hydrogen-bond acceptors (Lipinski definition) is 1. The van der Waals surface area contributed by atoms with Gasteiger partial charge in [0.05, 0.1) is 18.1 Å². The number of hydrogen-bond donors (Lipinski definition) is 0. The lowest BCUT2D eigenvalue weighted by Gasteiger charge is -2.38. The van der Waals surface area contributed by atoms with E-state index in [9.17, 15) is 0 Å². The zero-order valence-corrected chi connectivity index (χ0v) is 16.3. The molecule has 1 aliphatic rings. The first-order valence-corrected chi connectivity index (χ1v) is 9.89. The minimum absolute atomic E-state index is 0.0224. The van der Waals surface area contributed by atoms with Crippen molar-refractivity contribution < 1.29 is 4.74 Å². The highest BCUT2D eigenvalue weighted by atomic mass is 16.5. The van der Waals surface area contributed by atoms with Crippen LogP contribution in [0.15, 0.2) is 110 Å². The summed E-state index contributed by atoms with van der Waals surface area (Å²) in [5.41, 5.74) is 4.88. The van der Waals surface area contributed by atoms with Crippen LogP contribution in [0.1, 0.15) is 35.3 Å². The molecule has 0 saturated carbocycles. The topological polar surface area (TPSA) is 9.23 Å². The Hall–Kier alpha value is -2.90. The molecule has 0 aliphatic heterocycles. The average molecular weight is 367 g/mol. The molecule has 0 aromatic heterocycles. The van der Waals surface area contributed by atoms with Gasteiger partial charge in [0.2, 0.25) is 0 Å². The fraction of sp³-hybridized carbons (Fsp3) is 0.185. The van der Waals surface area contributed by atoms with E-state index >= 15 is 0 Å². The molecule has 140 valence electrons. The van der Waals surface area contributed by atoms with Crippen molar-refractivity contribution in [3.8, 4) is 0 Å². The summed E-state index contributed by atoms with van der Waals surface area (Å²) in [6.45, 7) is 6.48. The van der Waals surface area contributed by atoms with Gasteiger partial charge in [0.1, 0.15) is 0 Å². The molecule has 0 saturated heterocycles. The normalized spacial score (nSPS) is 20.2. The monoisotopic (exact) mass is 366 g/mol. The summed E-state index contributed by atoms with van der Waals surface area (Å²) in [7, 11) is 0. The third-order valence-corrected chi connectivity index (χ3v) is 5.77. The molecular formula is C27H26O. The van der Waals surface area contributed by atoms with Crippen molar-refractivity contribution in [3.63, 3.8) is 0 Å². The van der Waals surface area contributed by atoms with E-state index in [1.807, 2.05) is 6.08 Å². The fourth-order valence-corrected chi connectivity index (χ4v) is 4.79. The lowest BCUT2D eigenvalue weighted by molar-refractivity contribution is 0.0416. The van der Waals surface area contributed by atoms with Gasteiger partial charge in [-0.3, -0.25) is 0 Å². The Kier molecular flexibility index (Phi) is 5.27. The fourth-order valence-electron chi connectivity index (χ4n) is 4.79. The second kappa shape index (κ2) is 8.00. The lowest BCUT2D eigenvalue weighted by Crippen LogP contribution is -2.35. The van der Waals surface area contributed by atoms with E-state index in [1.54, 1.807) is 0 Å². The van der Waals surface area contributed by atoms with Gasteiger partial charge in [-0.1, -0.05) is 103 Å². The highest BCUT2D eigenvalue weighted by molar-refractivity contribution is 5.59. The minimum Gasteiger partial charge on any atom is -0.369 e. The van der Waals surface area contributed by atoms with Crippen LogP contribution in [0.4, 0.5) is 0 Å². The largest absolute Gasteiger partial charge is 0.369 e. The van der Waals surface area contributed by atoms with Gasteiger partial charge in [-0.2, -0.15) is 0 Å². The molecule has 3 aromatic rings. The Morgan fingerprint density at radius 3 is 2.00 bits per heavy atom. The summed E-state index contributed by atoms with van der Waals surface area (Å²) in [5, 5.41) is 0. The molecule has 0 amide bonds. The van der Waals surface area contributed by atoms with Crippen LogP contribution in [-0.2, 0) is 10.2 Å². The molecule has 0 radical (unpaired) electrons. The Morgan fingerprint density at radius 2 is 1.43 bits per heavy atom. The zero-order chi connectivity index (χ0) is 19.4. The van der Waals surface area contributed by atoms with Gasteiger partial charge in [-0.25, -0.2) is 0 Å². The summed E-state index contributed by atoms with van der Waals surface area (Å²) in [6.07, 6.45) is 6.28. The number of rotatable bonds is 6. The van der Waals surface area contributed by atoms with E-state index in [0.717, 1.165) is 0 Å². The Labute approximate surface area is 168 Å². The van der Waals surface area contributed by atoms with Gasteiger partial charge in [0.15, 0.2) is 0 Å². The zero-order valence-electron chi connectivity index (χ0n) is 16.3. The van der Waals surface area contributed by atoms with Crippen LogP contribution in [-0.4, -0.2) is 6.61 Å². The average Bonchev–Trinajstić information content (AvgIpc) is 3.04. The molecule has 4 rings (SSSR count). The van der Waals surface area contributed by atoms with E-state index in [-0.39, 0.29) is 17.4 Å². The second-order valence-electron chi connectivity index (χ2n) is 7.22. The molecule has 2 unspecified atom stereocenters. The van der Waals surface area contributed by atoms with E-state index in [0.29, 0.717) is 6.61 Å². The Bertz CT molecular complexity index is 916. The number of ether oxygens (including phenoxy) is 1. The van der Waals surface area contributed by atoms with Crippen molar-refractivity contribution in [3.05, 3.63) is 132 Å². The Morgan fingerprint density at radius 1 is 0.857 bits per heavy atom. The molecule has 0 fully saturated rings. The molecule has 1 nitrogen and oxygen atoms in total. The summed E-state index contributed by atoms with van der Waals surface area (Å²) in [4.78, 5) is 0. The van der Waals surface area contributed by atoms with Crippen molar-refractivity contribution >= 4 is 0 Å². The van der Waals surface area contributed by atoms with Crippen molar-refractivity contribution in [2.45, 2.75) is 18.4 Å². The SMILES string of the molecule is C=CCOC1c2ccccc2C(c2ccccc2)(c2ccccc2)C1C=CC. The van der Waals surface area contributed by atoms with Gasteiger partial charge in [-0.05, 0) is 29.2 Å². The summed E-state index contributed by atoms with van der Waals surface area (Å²) < 4.78 is 6.37. The van der Waals surface area contributed by atoms with Gasteiger partial charge >= 0.3 is 0 Å². The van der Waals surface area contributed by atoms with Crippen LogP contribution in [0, 0.1) is 5.92 Å². The van der Waals surface area contributed by atoms with Crippen molar-refractivity contribution in [1.82, 2.24) is 0 Å². The van der Waals surface area contributed by atoms with Crippen LogP contribution in [0.25, 0.3) is 0 Å². The quantitative estimate of drug-likeness (QED) is 0.454. The van der Waals surface area contributed by atoms with Gasteiger partial charge in [0, 0.05) is 5.92 Å². The van der Waals surface area contributed by atoms with E-state index in [1.165, 1.54) is 22.3 Å². The standard InChI is InChI=1S/C27H26O/c1-3-13-25-26(28-20-4-2)23-18-11-12-19-24(23)27(25,21-14-7-5-8-15-21)22-16-9-6-10-17-22/h3-19,25-26H,2,20H2,1H3. The smallest absolute Gasteiger partial charge is 0.0909 e. The lowest BCUT2D eigenvalue weighted by atomic mass is 9.64. The van der Waals surface area contributed by atoms with Crippen molar-refractivity contribution in [2.24, 2.45) is 5.92 Å². The highest BCUT2D eigenvalue weighted by Crippen LogP contribution is 2.58. The van der Waals surface area contributed by atoms with Crippen LogP contribution in [0.2, 0.25) is 0 Å². The maximum absolute atomic E-state index is 6.37. The molecule has 2 atom stereocenters.